The van der Waals surface area contributed by atoms with Gasteiger partial charge in [0.25, 0.3) is 0 Å². The molecule has 0 saturated heterocycles. The van der Waals surface area contributed by atoms with E-state index in [1.54, 1.807) is 0 Å². The number of rotatable bonds is 0. The summed E-state index contributed by atoms with van der Waals surface area (Å²) in [6.07, 6.45) is 0. The highest BCUT2D eigenvalue weighted by Crippen LogP contribution is 2.06. The fourth-order valence-electron chi connectivity index (χ4n) is 0.431. The van der Waals surface area contributed by atoms with Crippen LogP contribution in [0.3, 0.4) is 0 Å². The standard InChI is InChI=1S/C6H12O2.C4H10.C3H6F2/c1-5(7)8-6(2,3)4;1-4(2)3;1-3(2,4)5/h1-4H3;4H,1-3H3;1-2H3. The summed E-state index contributed by atoms with van der Waals surface area (Å²) in [5, 5.41) is 0. The van der Waals surface area contributed by atoms with Gasteiger partial charge in [-0.2, -0.15) is 0 Å². The number of carbonyl (C=O) groups excluding carboxylic acids is 1. The second-order valence-corrected chi connectivity index (χ2v) is 5.77. The summed E-state index contributed by atoms with van der Waals surface area (Å²) in [4.78, 5) is 10.2. The highest BCUT2D eigenvalue weighted by atomic mass is 19.3. The molecule has 0 aliphatic heterocycles. The van der Waals surface area contributed by atoms with Crippen LogP contribution < -0.4 is 0 Å². The van der Waals surface area contributed by atoms with Crippen LogP contribution in [0, 0.1) is 5.92 Å². The van der Waals surface area contributed by atoms with Crippen LogP contribution in [0.5, 0.6) is 0 Å². The van der Waals surface area contributed by atoms with E-state index in [1.807, 2.05) is 20.8 Å². The Morgan fingerprint density at radius 1 is 1.00 bits per heavy atom. The molecule has 0 aliphatic rings. The van der Waals surface area contributed by atoms with Crippen molar-refractivity contribution < 1.29 is 18.3 Å². The number of carbonyl (C=O) groups is 1. The van der Waals surface area contributed by atoms with Gasteiger partial charge in [-0.05, 0) is 40.5 Å². The van der Waals surface area contributed by atoms with Crippen LogP contribution >= 0.6 is 0 Å². The van der Waals surface area contributed by atoms with Crippen molar-refractivity contribution in [2.24, 2.45) is 5.92 Å². The van der Waals surface area contributed by atoms with Gasteiger partial charge in [0.15, 0.2) is 0 Å². The van der Waals surface area contributed by atoms with Gasteiger partial charge in [0.05, 0.1) is 0 Å². The van der Waals surface area contributed by atoms with Crippen molar-refractivity contribution in [3.05, 3.63) is 0 Å². The molecule has 0 aliphatic carbocycles. The topological polar surface area (TPSA) is 26.3 Å². The number of hydrogen-bond acceptors (Lipinski definition) is 2. The number of alkyl halides is 2. The van der Waals surface area contributed by atoms with Crippen molar-refractivity contribution in [2.45, 2.75) is 73.8 Å². The van der Waals surface area contributed by atoms with Gasteiger partial charge in [-0.1, -0.05) is 20.8 Å². The van der Waals surface area contributed by atoms with E-state index in [9.17, 15) is 13.6 Å². The molecule has 106 valence electrons. The summed E-state index contributed by atoms with van der Waals surface area (Å²) in [7, 11) is 0. The van der Waals surface area contributed by atoms with Gasteiger partial charge in [0.2, 0.25) is 5.92 Å². The average Bonchev–Trinajstić information content (AvgIpc) is 1.71. The zero-order valence-corrected chi connectivity index (χ0v) is 12.6. The molecule has 0 fully saturated rings. The number of ether oxygens (including phenoxy) is 1. The molecule has 0 heterocycles. The van der Waals surface area contributed by atoms with Gasteiger partial charge in [-0.25, -0.2) is 8.78 Å². The van der Waals surface area contributed by atoms with E-state index in [1.165, 1.54) is 6.92 Å². The summed E-state index contributed by atoms with van der Waals surface area (Å²) >= 11 is 0. The number of esters is 1. The lowest BCUT2D eigenvalue weighted by Gasteiger charge is -2.17. The zero-order chi connectivity index (χ0) is 14.9. The highest BCUT2D eigenvalue weighted by molar-refractivity contribution is 5.66. The third-order valence-corrected chi connectivity index (χ3v) is 0.450. The predicted molar refractivity (Wildman–Crippen MR) is 68.3 cm³/mol. The SMILES string of the molecule is CC(=O)OC(C)(C)C.CC(C)(F)F.CC(C)C. The van der Waals surface area contributed by atoms with E-state index < -0.39 is 5.92 Å². The first-order chi connectivity index (χ1) is 7.15. The minimum atomic E-state index is -2.50. The van der Waals surface area contributed by atoms with Crippen molar-refractivity contribution in [3.8, 4) is 0 Å². The van der Waals surface area contributed by atoms with Gasteiger partial charge in [-0.3, -0.25) is 4.79 Å². The van der Waals surface area contributed by atoms with E-state index >= 15 is 0 Å². The van der Waals surface area contributed by atoms with Crippen molar-refractivity contribution in [1.82, 2.24) is 0 Å². The quantitative estimate of drug-likeness (QED) is 0.587. The van der Waals surface area contributed by atoms with E-state index in [4.69, 9.17) is 4.74 Å². The third-order valence-electron chi connectivity index (χ3n) is 0.450. The molecular weight excluding hydrogens is 226 g/mol. The van der Waals surface area contributed by atoms with Gasteiger partial charge in [0, 0.05) is 6.92 Å². The summed E-state index contributed by atoms with van der Waals surface area (Å²) in [6, 6.07) is 0. The minimum Gasteiger partial charge on any atom is -0.460 e. The first kappa shape index (κ1) is 21.6. The van der Waals surface area contributed by atoms with Crippen molar-refractivity contribution >= 4 is 5.97 Å². The smallest absolute Gasteiger partial charge is 0.303 e. The van der Waals surface area contributed by atoms with E-state index in [0.717, 1.165) is 19.8 Å². The largest absolute Gasteiger partial charge is 0.460 e. The monoisotopic (exact) mass is 254 g/mol. The first-order valence-corrected chi connectivity index (χ1v) is 5.72. The lowest BCUT2D eigenvalue weighted by molar-refractivity contribution is -0.151. The molecule has 0 atom stereocenters. The molecule has 0 N–H and O–H groups in total. The molecule has 0 amide bonds. The molecule has 0 spiro atoms. The van der Waals surface area contributed by atoms with Crippen LogP contribution in [0.1, 0.15) is 62.3 Å². The maximum absolute atomic E-state index is 11.0. The van der Waals surface area contributed by atoms with Gasteiger partial charge in [-0.15, -0.1) is 0 Å². The van der Waals surface area contributed by atoms with Gasteiger partial charge < -0.3 is 4.74 Å². The summed E-state index contributed by atoms with van der Waals surface area (Å²) in [6.45, 7) is 15.1. The lowest BCUT2D eigenvalue weighted by Crippen LogP contribution is -2.21. The fraction of sp³-hybridized carbons (Fsp3) is 0.923. The maximum Gasteiger partial charge on any atom is 0.303 e. The van der Waals surface area contributed by atoms with Gasteiger partial charge >= 0.3 is 5.97 Å². The minimum absolute atomic E-state index is 0.225. The molecule has 0 aromatic carbocycles. The van der Waals surface area contributed by atoms with Crippen molar-refractivity contribution in [3.63, 3.8) is 0 Å². The Hall–Kier alpha value is -0.670. The van der Waals surface area contributed by atoms with Crippen molar-refractivity contribution in [1.29, 1.82) is 0 Å². The lowest BCUT2D eigenvalue weighted by atomic mass is 10.2. The Kier molecular flexibility index (Phi) is 11.9. The second kappa shape index (κ2) is 9.37. The molecule has 0 aromatic rings. The molecule has 17 heavy (non-hydrogen) atoms. The number of hydrogen-bond donors (Lipinski definition) is 0. The normalized spacial score (nSPS) is 10.8. The fourth-order valence-corrected chi connectivity index (χ4v) is 0.431. The van der Waals surface area contributed by atoms with E-state index in [-0.39, 0.29) is 11.6 Å². The Morgan fingerprint density at radius 2 is 1.18 bits per heavy atom. The Bertz CT molecular complexity index is 180. The predicted octanol–water partition coefficient (Wildman–Crippen LogP) is 4.67. The van der Waals surface area contributed by atoms with Crippen molar-refractivity contribution in [2.75, 3.05) is 0 Å². The molecule has 0 bridgehead atoms. The average molecular weight is 254 g/mol. The first-order valence-electron chi connectivity index (χ1n) is 5.72. The van der Waals surface area contributed by atoms with Crippen LogP contribution in [0.2, 0.25) is 0 Å². The van der Waals surface area contributed by atoms with Gasteiger partial charge in [0.1, 0.15) is 5.60 Å². The van der Waals surface area contributed by atoms with Crippen LogP contribution in [-0.2, 0) is 9.53 Å². The molecule has 0 unspecified atom stereocenters. The second-order valence-electron chi connectivity index (χ2n) is 5.77. The molecule has 0 aromatic heterocycles. The number of halogens is 2. The Labute approximate surface area is 105 Å². The molecule has 4 heteroatoms. The molecule has 0 saturated carbocycles. The van der Waals surface area contributed by atoms with Crippen LogP contribution in [0.4, 0.5) is 8.78 Å². The van der Waals surface area contributed by atoms with Crippen LogP contribution in [0.15, 0.2) is 0 Å². The Morgan fingerprint density at radius 3 is 1.18 bits per heavy atom. The van der Waals surface area contributed by atoms with E-state index in [2.05, 4.69) is 20.8 Å². The van der Waals surface area contributed by atoms with Crippen LogP contribution in [-0.4, -0.2) is 17.5 Å². The highest BCUT2D eigenvalue weighted by Gasteiger charge is 2.11. The summed E-state index contributed by atoms with van der Waals surface area (Å²) in [5.74, 6) is -1.89. The molecule has 2 nitrogen and oxygen atoms in total. The summed E-state index contributed by atoms with van der Waals surface area (Å²) < 4.78 is 26.8. The Balaban J connectivity index is -0.000000188. The van der Waals surface area contributed by atoms with E-state index in [0.29, 0.717) is 0 Å². The zero-order valence-electron chi connectivity index (χ0n) is 12.6. The summed E-state index contributed by atoms with van der Waals surface area (Å²) in [5.41, 5.74) is -0.328. The maximum atomic E-state index is 11.0. The third kappa shape index (κ3) is 145. The molecule has 0 rings (SSSR count). The van der Waals surface area contributed by atoms with Crippen LogP contribution in [0.25, 0.3) is 0 Å². The molecular formula is C13H28F2O2. The molecule has 0 radical (unpaired) electrons.